The van der Waals surface area contributed by atoms with Crippen molar-refractivity contribution in [3.05, 3.63) is 11.6 Å². The molecule has 2 atom stereocenters. The summed E-state index contributed by atoms with van der Waals surface area (Å²) in [6.07, 6.45) is 3.85. The summed E-state index contributed by atoms with van der Waals surface area (Å²) in [5.74, 6) is 1.10. The Kier molecular flexibility index (Phi) is 3.56. The molecule has 2 unspecified atom stereocenters. The van der Waals surface area contributed by atoms with Gasteiger partial charge in [0.25, 0.3) is 5.91 Å². The van der Waals surface area contributed by atoms with Crippen molar-refractivity contribution in [3.63, 3.8) is 0 Å². The first kappa shape index (κ1) is 12.2. The van der Waals surface area contributed by atoms with E-state index >= 15 is 0 Å². The normalized spacial score (nSPS) is 18.7. The van der Waals surface area contributed by atoms with Crippen LogP contribution < -0.4 is 5.32 Å². The van der Waals surface area contributed by atoms with Crippen LogP contribution in [0.25, 0.3) is 0 Å². The first-order chi connectivity index (χ1) is 8.08. The maximum atomic E-state index is 11.7. The number of hydrogen-bond donors (Lipinski definition) is 2. The SMILES string of the molecule is CC(CNC(=O)c1n[nH]c(C2CC2)n1)S(C)=O. The van der Waals surface area contributed by atoms with Gasteiger partial charge in [0.2, 0.25) is 5.82 Å². The van der Waals surface area contributed by atoms with Crippen LogP contribution >= 0.6 is 0 Å². The molecule has 7 heteroatoms. The highest BCUT2D eigenvalue weighted by atomic mass is 32.2. The van der Waals surface area contributed by atoms with E-state index < -0.39 is 10.8 Å². The fourth-order valence-corrected chi connectivity index (χ4v) is 1.67. The van der Waals surface area contributed by atoms with Crippen LogP contribution in [0, 0.1) is 0 Å². The number of aromatic nitrogens is 3. The minimum absolute atomic E-state index is 0.0687. The van der Waals surface area contributed by atoms with Gasteiger partial charge in [-0.05, 0) is 19.8 Å². The standard InChI is InChI=1S/C10H16N4O2S/c1-6(17(2)16)5-11-10(15)9-12-8(13-14-9)7-3-4-7/h6-7H,3-5H2,1-2H3,(H,11,15)(H,12,13,14). The molecule has 1 aromatic heterocycles. The fraction of sp³-hybridized carbons (Fsp3) is 0.700. The van der Waals surface area contributed by atoms with Crippen LogP contribution in [-0.2, 0) is 10.8 Å². The van der Waals surface area contributed by atoms with Crippen molar-refractivity contribution in [1.82, 2.24) is 20.5 Å². The predicted molar refractivity (Wildman–Crippen MR) is 64.2 cm³/mol. The number of carbonyl (C=O) groups excluding carboxylic acids is 1. The molecule has 0 bridgehead atoms. The van der Waals surface area contributed by atoms with Gasteiger partial charge in [0, 0.05) is 34.8 Å². The number of hydrogen-bond acceptors (Lipinski definition) is 4. The molecule has 0 aromatic carbocycles. The van der Waals surface area contributed by atoms with E-state index in [0.717, 1.165) is 18.7 Å². The van der Waals surface area contributed by atoms with E-state index in [0.29, 0.717) is 12.5 Å². The third kappa shape index (κ3) is 3.12. The number of aromatic amines is 1. The Hall–Kier alpha value is -1.24. The molecule has 1 saturated carbocycles. The molecule has 17 heavy (non-hydrogen) atoms. The molecule has 0 spiro atoms. The average Bonchev–Trinajstić information content (AvgIpc) is 3.03. The Morgan fingerprint density at radius 1 is 1.65 bits per heavy atom. The van der Waals surface area contributed by atoms with E-state index in [1.54, 1.807) is 6.26 Å². The van der Waals surface area contributed by atoms with E-state index in [-0.39, 0.29) is 17.0 Å². The van der Waals surface area contributed by atoms with E-state index in [4.69, 9.17) is 0 Å². The van der Waals surface area contributed by atoms with E-state index in [1.807, 2.05) is 6.92 Å². The summed E-state index contributed by atoms with van der Waals surface area (Å²) in [6.45, 7) is 2.19. The van der Waals surface area contributed by atoms with Crippen molar-refractivity contribution in [3.8, 4) is 0 Å². The summed E-state index contributed by atoms with van der Waals surface area (Å²) in [5, 5.41) is 9.26. The summed E-state index contributed by atoms with van der Waals surface area (Å²) in [5.41, 5.74) is 0. The number of H-pyrrole nitrogens is 1. The molecule has 0 saturated heterocycles. The number of carbonyl (C=O) groups is 1. The van der Waals surface area contributed by atoms with Crippen LogP contribution in [0.4, 0.5) is 0 Å². The van der Waals surface area contributed by atoms with Gasteiger partial charge in [-0.3, -0.25) is 14.1 Å². The Morgan fingerprint density at radius 3 is 2.94 bits per heavy atom. The summed E-state index contributed by atoms with van der Waals surface area (Å²) in [7, 11) is -0.939. The lowest BCUT2D eigenvalue weighted by atomic mass is 10.4. The van der Waals surface area contributed by atoms with Gasteiger partial charge in [0.05, 0.1) is 0 Å². The quantitative estimate of drug-likeness (QED) is 0.786. The highest BCUT2D eigenvalue weighted by Crippen LogP contribution is 2.37. The molecule has 1 amide bonds. The first-order valence-electron chi connectivity index (χ1n) is 5.60. The van der Waals surface area contributed by atoms with Crippen LogP contribution in [0.3, 0.4) is 0 Å². The molecular formula is C10H16N4O2S. The molecule has 94 valence electrons. The summed E-state index contributed by atoms with van der Waals surface area (Å²) >= 11 is 0. The second kappa shape index (κ2) is 4.95. The Bertz CT molecular complexity index is 441. The minimum Gasteiger partial charge on any atom is -0.348 e. The lowest BCUT2D eigenvalue weighted by molar-refractivity contribution is 0.0944. The summed E-state index contributed by atoms with van der Waals surface area (Å²) in [4.78, 5) is 15.8. The van der Waals surface area contributed by atoms with Gasteiger partial charge in [-0.2, -0.15) is 0 Å². The highest BCUT2D eigenvalue weighted by Gasteiger charge is 2.28. The number of nitrogens with zero attached hydrogens (tertiary/aromatic N) is 2. The molecule has 1 fully saturated rings. The van der Waals surface area contributed by atoms with E-state index in [2.05, 4.69) is 20.5 Å². The molecule has 1 heterocycles. The summed E-state index contributed by atoms with van der Waals surface area (Å²) in [6, 6.07) is 0. The molecule has 1 aliphatic carbocycles. The maximum Gasteiger partial charge on any atom is 0.290 e. The minimum atomic E-state index is -0.939. The van der Waals surface area contributed by atoms with Gasteiger partial charge in [-0.25, -0.2) is 4.98 Å². The fourth-order valence-electron chi connectivity index (χ4n) is 1.35. The molecule has 2 N–H and O–H groups in total. The van der Waals surface area contributed by atoms with Crippen molar-refractivity contribution in [2.24, 2.45) is 0 Å². The lowest BCUT2D eigenvalue weighted by Gasteiger charge is -2.07. The van der Waals surface area contributed by atoms with Crippen LogP contribution in [0.1, 0.15) is 42.1 Å². The molecule has 0 radical (unpaired) electrons. The zero-order valence-electron chi connectivity index (χ0n) is 9.90. The zero-order valence-corrected chi connectivity index (χ0v) is 10.7. The van der Waals surface area contributed by atoms with Gasteiger partial charge >= 0.3 is 0 Å². The largest absolute Gasteiger partial charge is 0.348 e. The van der Waals surface area contributed by atoms with Crippen LogP contribution in [0.5, 0.6) is 0 Å². The maximum absolute atomic E-state index is 11.7. The van der Waals surface area contributed by atoms with Gasteiger partial charge in [0.1, 0.15) is 5.82 Å². The van der Waals surface area contributed by atoms with Crippen molar-refractivity contribution < 1.29 is 9.00 Å². The molecule has 1 aliphatic rings. The van der Waals surface area contributed by atoms with E-state index in [9.17, 15) is 9.00 Å². The third-order valence-corrected chi connectivity index (χ3v) is 4.09. The smallest absolute Gasteiger partial charge is 0.290 e. The molecule has 0 aliphatic heterocycles. The molecule has 1 aromatic rings. The number of nitrogens with one attached hydrogen (secondary N) is 2. The number of rotatable bonds is 5. The Balaban J connectivity index is 1.88. The van der Waals surface area contributed by atoms with Crippen LogP contribution in [0.2, 0.25) is 0 Å². The van der Waals surface area contributed by atoms with Crippen molar-refractivity contribution in [1.29, 1.82) is 0 Å². The average molecular weight is 256 g/mol. The summed E-state index contributed by atoms with van der Waals surface area (Å²) < 4.78 is 11.1. The van der Waals surface area contributed by atoms with Gasteiger partial charge in [-0.1, -0.05) is 0 Å². The van der Waals surface area contributed by atoms with E-state index in [1.165, 1.54) is 0 Å². The molecular weight excluding hydrogens is 240 g/mol. The second-order valence-electron chi connectivity index (χ2n) is 4.34. The zero-order chi connectivity index (χ0) is 12.4. The second-order valence-corrected chi connectivity index (χ2v) is 6.14. The predicted octanol–water partition coefficient (Wildman–Crippen LogP) is 0.179. The van der Waals surface area contributed by atoms with Crippen LogP contribution in [0.15, 0.2) is 0 Å². The van der Waals surface area contributed by atoms with Crippen molar-refractivity contribution in [2.75, 3.05) is 12.8 Å². The lowest BCUT2D eigenvalue weighted by Crippen LogP contribution is -2.33. The van der Waals surface area contributed by atoms with Crippen LogP contribution in [-0.4, -0.2) is 43.3 Å². The van der Waals surface area contributed by atoms with Gasteiger partial charge in [0.15, 0.2) is 0 Å². The Labute approximate surface area is 102 Å². The van der Waals surface area contributed by atoms with Gasteiger partial charge in [-0.15, -0.1) is 5.10 Å². The molecule has 2 rings (SSSR count). The topological polar surface area (TPSA) is 87.7 Å². The first-order valence-corrected chi connectivity index (χ1v) is 7.22. The Morgan fingerprint density at radius 2 is 2.35 bits per heavy atom. The van der Waals surface area contributed by atoms with Crippen molar-refractivity contribution in [2.45, 2.75) is 30.9 Å². The molecule has 6 nitrogen and oxygen atoms in total. The number of amides is 1. The van der Waals surface area contributed by atoms with Crippen molar-refractivity contribution >= 4 is 16.7 Å². The third-order valence-electron chi connectivity index (χ3n) is 2.79. The highest BCUT2D eigenvalue weighted by molar-refractivity contribution is 7.84. The monoisotopic (exact) mass is 256 g/mol. The van der Waals surface area contributed by atoms with Gasteiger partial charge < -0.3 is 5.32 Å².